The predicted octanol–water partition coefficient (Wildman–Crippen LogP) is 4.75. The first-order valence-electron chi connectivity index (χ1n) is 9.24. The molecule has 0 bridgehead atoms. The number of rotatable bonds is 8. The highest BCUT2D eigenvalue weighted by atomic mass is 79.9. The number of likely N-dealkylation sites (N-methyl/N-ethyl adjacent to an activating group) is 1. The molecule has 1 unspecified atom stereocenters. The molecule has 2 N–H and O–H groups in total. The minimum Gasteiger partial charge on any atom is -0.387 e. The second-order valence-corrected chi connectivity index (χ2v) is 9.86. The summed E-state index contributed by atoms with van der Waals surface area (Å²) >= 11 is 9.54. The van der Waals surface area contributed by atoms with Gasteiger partial charge in [0.05, 0.1) is 11.0 Å². The van der Waals surface area contributed by atoms with E-state index in [1.807, 2.05) is 42.3 Å². The van der Waals surface area contributed by atoms with Crippen LogP contribution in [0.4, 0.5) is 5.69 Å². The van der Waals surface area contributed by atoms with Crippen molar-refractivity contribution in [1.82, 2.24) is 4.72 Å². The van der Waals surface area contributed by atoms with E-state index in [4.69, 9.17) is 11.6 Å². The molecule has 0 saturated heterocycles. The number of halogens is 2. The largest absolute Gasteiger partial charge is 0.387 e. The van der Waals surface area contributed by atoms with Crippen molar-refractivity contribution in [3.05, 3.63) is 93.4 Å². The molecule has 30 heavy (non-hydrogen) atoms. The summed E-state index contributed by atoms with van der Waals surface area (Å²) in [5.41, 5.74) is 2.30. The van der Waals surface area contributed by atoms with Crippen LogP contribution in [0.5, 0.6) is 0 Å². The molecular weight excluding hydrogens is 488 g/mol. The maximum Gasteiger partial charge on any atom is 0.240 e. The number of anilines is 1. The molecular formula is C22H22BrClN2O3S. The lowest BCUT2D eigenvalue weighted by molar-refractivity contribution is 0.184. The minimum absolute atomic E-state index is 0.113. The van der Waals surface area contributed by atoms with Gasteiger partial charge in [0, 0.05) is 35.3 Å². The third-order valence-corrected chi connectivity index (χ3v) is 7.22. The van der Waals surface area contributed by atoms with Crippen molar-refractivity contribution in [3.8, 4) is 0 Å². The number of sulfonamides is 1. The van der Waals surface area contributed by atoms with E-state index >= 15 is 0 Å². The average molecular weight is 510 g/mol. The van der Waals surface area contributed by atoms with Gasteiger partial charge in [0.25, 0.3) is 0 Å². The second kappa shape index (κ2) is 9.94. The van der Waals surface area contributed by atoms with Gasteiger partial charge in [-0.2, -0.15) is 0 Å². The quantitative estimate of drug-likeness (QED) is 0.460. The summed E-state index contributed by atoms with van der Waals surface area (Å²) in [6, 6.07) is 21.1. The van der Waals surface area contributed by atoms with Crippen LogP contribution in [-0.4, -0.2) is 27.1 Å². The van der Waals surface area contributed by atoms with Gasteiger partial charge in [0.2, 0.25) is 10.0 Å². The summed E-state index contributed by atoms with van der Waals surface area (Å²) < 4.78 is 28.6. The smallest absolute Gasteiger partial charge is 0.240 e. The van der Waals surface area contributed by atoms with E-state index in [1.165, 1.54) is 0 Å². The van der Waals surface area contributed by atoms with Crippen molar-refractivity contribution in [2.75, 3.05) is 18.5 Å². The Balaban J connectivity index is 1.66. The molecule has 5 nitrogen and oxygen atoms in total. The van der Waals surface area contributed by atoms with Crippen molar-refractivity contribution in [1.29, 1.82) is 0 Å². The van der Waals surface area contributed by atoms with Gasteiger partial charge in [-0.25, -0.2) is 13.1 Å². The Morgan fingerprint density at radius 2 is 1.67 bits per heavy atom. The van der Waals surface area contributed by atoms with Crippen molar-refractivity contribution in [2.24, 2.45) is 0 Å². The van der Waals surface area contributed by atoms with Crippen LogP contribution in [0.25, 0.3) is 0 Å². The van der Waals surface area contributed by atoms with Gasteiger partial charge in [-0.15, -0.1) is 0 Å². The van der Waals surface area contributed by atoms with Gasteiger partial charge >= 0.3 is 0 Å². The number of hydrogen-bond donors (Lipinski definition) is 2. The molecule has 1 atom stereocenters. The Kier molecular flexibility index (Phi) is 7.55. The van der Waals surface area contributed by atoms with Crippen molar-refractivity contribution < 1.29 is 13.5 Å². The maximum atomic E-state index is 12.6. The molecule has 3 aromatic rings. The zero-order chi connectivity index (χ0) is 21.7. The third-order valence-electron chi connectivity index (χ3n) is 4.71. The summed E-state index contributed by atoms with van der Waals surface area (Å²) in [6.45, 7) is 0.473. The van der Waals surface area contributed by atoms with Gasteiger partial charge in [-0.3, -0.25) is 0 Å². The Labute approximate surface area is 190 Å². The molecule has 158 valence electrons. The molecule has 8 heteroatoms. The molecule has 3 rings (SSSR count). The summed E-state index contributed by atoms with van der Waals surface area (Å²) in [5.74, 6) is 0. The molecule has 0 aromatic heterocycles. The van der Waals surface area contributed by atoms with Crippen LogP contribution >= 0.6 is 27.5 Å². The third kappa shape index (κ3) is 5.62. The molecule has 3 aromatic carbocycles. The normalized spacial score (nSPS) is 12.5. The fourth-order valence-corrected chi connectivity index (χ4v) is 4.74. The lowest BCUT2D eigenvalue weighted by Gasteiger charge is -2.23. The monoisotopic (exact) mass is 508 g/mol. The summed E-state index contributed by atoms with van der Waals surface area (Å²) in [7, 11) is -1.83. The van der Waals surface area contributed by atoms with Crippen LogP contribution in [0.2, 0.25) is 5.02 Å². The van der Waals surface area contributed by atoms with Crippen LogP contribution in [0.15, 0.2) is 82.2 Å². The predicted molar refractivity (Wildman–Crippen MR) is 124 cm³/mol. The first-order valence-corrected chi connectivity index (χ1v) is 11.9. The van der Waals surface area contributed by atoms with E-state index in [1.54, 1.807) is 42.5 Å². The molecule has 0 amide bonds. The number of hydrogen-bond acceptors (Lipinski definition) is 4. The van der Waals surface area contributed by atoms with Gasteiger partial charge in [0.15, 0.2) is 0 Å². The first kappa shape index (κ1) is 22.8. The first-order chi connectivity index (χ1) is 14.3. The zero-order valence-corrected chi connectivity index (χ0v) is 19.5. The van der Waals surface area contributed by atoms with Gasteiger partial charge in [-0.05, 0) is 47.5 Å². The molecule has 0 radical (unpaired) electrons. The van der Waals surface area contributed by atoms with Crippen LogP contribution in [0.1, 0.15) is 17.2 Å². The average Bonchev–Trinajstić information content (AvgIpc) is 2.73. The van der Waals surface area contributed by atoms with Crippen LogP contribution in [-0.2, 0) is 16.6 Å². The van der Waals surface area contributed by atoms with Crippen LogP contribution in [0.3, 0.4) is 0 Å². The molecule has 0 heterocycles. The van der Waals surface area contributed by atoms with Crippen molar-refractivity contribution >= 4 is 43.2 Å². The molecule has 0 spiro atoms. The Morgan fingerprint density at radius 1 is 1.03 bits per heavy atom. The Morgan fingerprint density at radius 3 is 2.33 bits per heavy atom. The maximum absolute atomic E-state index is 12.6. The van der Waals surface area contributed by atoms with E-state index in [9.17, 15) is 13.5 Å². The fourth-order valence-electron chi connectivity index (χ4n) is 2.99. The van der Waals surface area contributed by atoms with E-state index in [-0.39, 0.29) is 11.4 Å². The highest BCUT2D eigenvalue weighted by molar-refractivity contribution is 9.10. The standard InChI is InChI=1S/C22H22BrClN2O3S/c1-26(15-22(27)19-7-3-4-8-20(19)23)17-10-12-18(13-11-17)30(28,29)25-14-16-6-2-5-9-21(16)24/h2-13,22,25,27H,14-15H2,1H3. The highest BCUT2D eigenvalue weighted by Gasteiger charge is 2.17. The molecule has 0 aliphatic heterocycles. The van der Waals surface area contributed by atoms with Crippen molar-refractivity contribution in [2.45, 2.75) is 17.5 Å². The summed E-state index contributed by atoms with van der Waals surface area (Å²) in [5, 5.41) is 11.0. The molecule has 0 aliphatic carbocycles. The number of aliphatic hydroxyl groups excluding tert-OH is 1. The van der Waals surface area contributed by atoms with Crippen LogP contribution in [0, 0.1) is 0 Å². The van der Waals surface area contributed by atoms with Gasteiger partial charge < -0.3 is 10.0 Å². The second-order valence-electron chi connectivity index (χ2n) is 6.83. The SMILES string of the molecule is CN(CC(O)c1ccccc1Br)c1ccc(S(=O)(=O)NCc2ccccc2Cl)cc1. The Hall–Kier alpha value is -1.90. The fraction of sp³-hybridized carbons (Fsp3) is 0.182. The lowest BCUT2D eigenvalue weighted by Crippen LogP contribution is -2.25. The van der Waals surface area contributed by atoms with Crippen LogP contribution < -0.4 is 9.62 Å². The highest BCUT2D eigenvalue weighted by Crippen LogP contribution is 2.25. The Bertz CT molecular complexity index is 1110. The van der Waals surface area contributed by atoms with Gasteiger partial charge in [0.1, 0.15) is 0 Å². The number of nitrogens with zero attached hydrogens (tertiary/aromatic N) is 1. The van der Waals surface area contributed by atoms with E-state index < -0.39 is 16.1 Å². The topological polar surface area (TPSA) is 69.6 Å². The zero-order valence-electron chi connectivity index (χ0n) is 16.3. The molecule has 0 fully saturated rings. The number of nitrogens with one attached hydrogen (secondary N) is 1. The van der Waals surface area contributed by atoms with Gasteiger partial charge in [-0.1, -0.05) is 63.9 Å². The molecule has 0 aliphatic rings. The van der Waals surface area contributed by atoms with E-state index in [2.05, 4.69) is 20.7 Å². The summed E-state index contributed by atoms with van der Waals surface area (Å²) in [6.07, 6.45) is -0.689. The van der Waals surface area contributed by atoms with E-state index in [0.29, 0.717) is 17.1 Å². The number of benzene rings is 3. The van der Waals surface area contributed by atoms with E-state index in [0.717, 1.165) is 15.7 Å². The number of aliphatic hydroxyl groups is 1. The minimum atomic E-state index is -3.67. The lowest BCUT2D eigenvalue weighted by atomic mass is 10.1. The molecule has 0 saturated carbocycles. The van der Waals surface area contributed by atoms with Crippen molar-refractivity contribution in [3.63, 3.8) is 0 Å². The summed E-state index contributed by atoms with van der Waals surface area (Å²) in [4.78, 5) is 2.04.